The molecule has 1 aromatic carbocycles. The maximum Gasteiger partial charge on any atom is 0.242 e. The lowest BCUT2D eigenvalue weighted by Crippen LogP contribution is -2.29. The molecule has 2 nitrogen and oxygen atoms in total. The first-order chi connectivity index (χ1) is 8.96. The van der Waals surface area contributed by atoms with E-state index in [1.54, 1.807) is 11.3 Å². The third kappa shape index (κ3) is 4.04. The molecule has 0 radical (unpaired) electrons. The number of nitrogens with zero attached hydrogens (tertiary/aromatic N) is 1. The quantitative estimate of drug-likeness (QED) is 0.572. The molecular formula is C15H19NOSSi. The largest absolute Gasteiger partial charge is 0.543 e. The highest BCUT2D eigenvalue weighted by Gasteiger charge is 2.18. The normalized spacial score (nSPS) is 12.0. The summed E-state index contributed by atoms with van der Waals surface area (Å²) in [6.07, 6.45) is 1.91. The van der Waals surface area contributed by atoms with Gasteiger partial charge in [0.05, 0.1) is 0 Å². The zero-order valence-corrected chi connectivity index (χ0v) is 13.6. The summed E-state index contributed by atoms with van der Waals surface area (Å²) in [4.78, 5) is 5.77. The molecule has 0 aliphatic rings. The molecule has 0 aliphatic carbocycles. The Morgan fingerprint density at radius 3 is 2.58 bits per heavy atom. The molecule has 2 aromatic rings. The zero-order valence-electron chi connectivity index (χ0n) is 11.8. The zero-order chi connectivity index (χ0) is 13.9. The van der Waals surface area contributed by atoms with Gasteiger partial charge in [-0.25, -0.2) is 0 Å². The molecule has 1 heterocycles. The molecule has 0 saturated heterocycles. The third-order valence-electron chi connectivity index (χ3n) is 2.48. The van der Waals surface area contributed by atoms with Gasteiger partial charge in [0.15, 0.2) is 0 Å². The molecule has 2 rings (SSSR count). The molecule has 0 fully saturated rings. The molecule has 0 amide bonds. The summed E-state index contributed by atoms with van der Waals surface area (Å²) in [5.74, 6) is 0.895. The first kappa shape index (κ1) is 14.0. The summed E-state index contributed by atoms with van der Waals surface area (Å²) in [6, 6.07) is 10.2. The average molecular weight is 289 g/mol. The first-order valence-electron chi connectivity index (χ1n) is 6.32. The van der Waals surface area contributed by atoms with E-state index in [0.717, 1.165) is 21.9 Å². The Balaban J connectivity index is 2.33. The molecule has 19 heavy (non-hydrogen) atoms. The van der Waals surface area contributed by atoms with Crippen molar-refractivity contribution in [3.63, 3.8) is 0 Å². The van der Waals surface area contributed by atoms with E-state index in [0.29, 0.717) is 0 Å². The highest BCUT2D eigenvalue weighted by Crippen LogP contribution is 2.32. The number of aliphatic imine (C=N–C) groups is 1. The molecular weight excluding hydrogens is 270 g/mol. The van der Waals surface area contributed by atoms with Gasteiger partial charge in [0, 0.05) is 11.1 Å². The predicted molar refractivity (Wildman–Crippen MR) is 86.7 cm³/mol. The van der Waals surface area contributed by atoms with E-state index in [1.165, 1.54) is 0 Å². The Bertz CT molecular complexity index is 570. The van der Waals surface area contributed by atoms with E-state index >= 15 is 0 Å². The van der Waals surface area contributed by atoms with Gasteiger partial charge in [-0.2, -0.15) is 0 Å². The molecule has 100 valence electrons. The number of hydrogen-bond acceptors (Lipinski definition) is 3. The van der Waals surface area contributed by atoms with Crippen molar-refractivity contribution in [3.05, 3.63) is 46.2 Å². The van der Waals surface area contributed by atoms with Gasteiger partial charge in [-0.15, -0.1) is 11.3 Å². The summed E-state index contributed by atoms with van der Waals surface area (Å²) in [5, 5.41) is 2.05. The smallest absolute Gasteiger partial charge is 0.242 e. The topological polar surface area (TPSA) is 21.6 Å². The van der Waals surface area contributed by atoms with Crippen LogP contribution in [0.15, 0.2) is 40.7 Å². The molecule has 0 N–H and O–H groups in total. The van der Waals surface area contributed by atoms with Crippen molar-refractivity contribution >= 4 is 31.6 Å². The molecule has 1 aromatic heterocycles. The van der Waals surface area contributed by atoms with E-state index in [4.69, 9.17) is 4.43 Å². The van der Waals surface area contributed by atoms with Crippen LogP contribution in [-0.4, -0.2) is 14.5 Å². The minimum Gasteiger partial charge on any atom is -0.543 e. The number of thiophene rings is 1. The fourth-order valence-electron chi connectivity index (χ4n) is 1.70. The average Bonchev–Trinajstić information content (AvgIpc) is 2.79. The second-order valence-electron chi connectivity index (χ2n) is 5.41. The van der Waals surface area contributed by atoms with Crippen molar-refractivity contribution in [1.82, 2.24) is 0 Å². The molecule has 0 unspecified atom stereocenters. The highest BCUT2D eigenvalue weighted by atomic mass is 32.1. The number of benzene rings is 1. The van der Waals surface area contributed by atoms with Crippen LogP contribution in [0, 0.1) is 6.92 Å². The Morgan fingerprint density at radius 2 is 1.95 bits per heavy atom. The van der Waals surface area contributed by atoms with Crippen LogP contribution in [0.1, 0.15) is 10.4 Å². The van der Waals surface area contributed by atoms with E-state index in [9.17, 15) is 0 Å². The standard InChI is InChI=1S/C15H19NOSSi/c1-12-7-5-9-14(17-19(2,3)4)15(12)16-11-13-8-6-10-18-13/h5-11H,1-4H3. The van der Waals surface area contributed by atoms with E-state index in [-0.39, 0.29) is 0 Å². The minimum atomic E-state index is -1.62. The van der Waals surface area contributed by atoms with Crippen molar-refractivity contribution in [2.75, 3.05) is 0 Å². The van der Waals surface area contributed by atoms with Crippen molar-refractivity contribution in [2.24, 2.45) is 4.99 Å². The number of hydrogen-bond donors (Lipinski definition) is 0. The predicted octanol–water partition coefficient (Wildman–Crippen LogP) is 5.02. The number of aryl methyl sites for hydroxylation is 1. The van der Waals surface area contributed by atoms with Gasteiger partial charge in [-0.05, 0) is 49.6 Å². The van der Waals surface area contributed by atoms with Gasteiger partial charge in [0.25, 0.3) is 0 Å². The lowest BCUT2D eigenvalue weighted by atomic mass is 10.2. The number of para-hydroxylation sites is 1. The van der Waals surface area contributed by atoms with Crippen molar-refractivity contribution in [2.45, 2.75) is 26.6 Å². The molecule has 4 heteroatoms. The van der Waals surface area contributed by atoms with E-state index < -0.39 is 8.32 Å². The highest BCUT2D eigenvalue weighted by molar-refractivity contribution is 7.11. The maximum atomic E-state index is 6.11. The van der Waals surface area contributed by atoms with Gasteiger partial charge in [-0.3, -0.25) is 4.99 Å². The van der Waals surface area contributed by atoms with Gasteiger partial charge in [-0.1, -0.05) is 18.2 Å². The molecule has 0 atom stereocenters. The number of rotatable bonds is 4. The second kappa shape index (κ2) is 5.71. The Kier molecular flexibility index (Phi) is 4.22. The van der Waals surface area contributed by atoms with Crippen molar-refractivity contribution in [1.29, 1.82) is 0 Å². The summed E-state index contributed by atoms with van der Waals surface area (Å²) < 4.78 is 6.11. The Hall–Kier alpha value is -1.39. The van der Waals surface area contributed by atoms with Gasteiger partial charge in [0.1, 0.15) is 11.4 Å². The van der Waals surface area contributed by atoms with E-state index in [2.05, 4.69) is 49.1 Å². The Morgan fingerprint density at radius 1 is 1.16 bits per heavy atom. The van der Waals surface area contributed by atoms with Crippen LogP contribution in [0.2, 0.25) is 19.6 Å². The summed E-state index contributed by atoms with van der Waals surface area (Å²) in [6.45, 7) is 8.62. The van der Waals surface area contributed by atoms with Crippen molar-refractivity contribution < 1.29 is 4.43 Å². The van der Waals surface area contributed by atoms with Crippen LogP contribution in [-0.2, 0) is 0 Å². The van der Waals surface area contributed by atoms with Crippen molar-refractivity contribution in [3.8, 4) is 5.75 Å². The van der Waals surface area contributed by atoms with Crippen LogP contribution < -0.4 is 4.43 Å². The van der Waals surface area contributed by atoms with Crippen LogP contribution in [0.3, 0.4) is 0 Å². The summed E-state index contributed by atoms with van der Waals surface area (Å²) >= 11 is 1.69. The van der Waals surface area contributed by atoms with Crippen LogP contribution in [0.25, 0.3) is 0 Å². The molecule has 0 bridgehead atoms. The SMILES string of the molecule is Cc1cccc(O[Si](C)(C)C)c1N=Cc1cccs1. The fourth-order valence-corrected chi connectivity index (χ4v) is 3.11. The molecule has 0 spiro atoms. The van der Waals surface area contributed by atoms with Crippen LogP contribution in [0.4, 0.5) is 5.69 Å². The summed E-state index contributed by atoms with van der Waals surface area (Å²) in [5.41, 5.74) is 2.09. The summed E-state index contributed by atoms with van der Waals surface area (Å²) in [7, 11) is -1.62. The fraction of sp³-hybridized carbons (Fsp3) is 0.267. The lowest BCUT2D eigenvalue weighted by Gasteiger charge is -2.21. The monoisotopic (exact) mass is 289 g/mol. The van der Waals surface area contributed by atoms with Crippen LogP contribution in [0.5, 0.6) is 5.75 Å². The van der Waals surface area contributed by atoms with Gasteiger partial charge < -0.3 is 4.43 Å². The second-order valence-corrected chi connectivity index (χ2v) is 10.8. The Labute approximate surface area is 119 Å². The third-order valence-corrected chi connectivity index (χ3v) is 4.12. The first-order valence-corrected chi connectivity index (χ1v) is 10.6. The lowest BCUT2D eigenvalue weighted by molar-refractivity contribution is 0.558. The van der Waals surface area contributed by atoms with Gasteiger partial charge >= 0.3 is 0 Å². The molecule has 0 saturated carbocycles. The minimum absolute atomic E-state index is 0.895. The molecule has 0 aliphatic heterocycles. The van der Waals surface area contributed by atoms with Gasteiger partial charge in [0.2, 0.25) is 8.32 Å². The van der Waals surface area contributed by atoms with Crippen LogP contribution >= 0.6 is 11.3 Å². The maximum absolute atomic E-state index is 6.11. The van der Waals surface area contributed by atoms with E-state index in [1.807, 2.05) is 24.4 Å².